The fourth-order valence-corrected chi connectivity index (χ4v) is 2.86. The quantitative estimate of drug-likeness (QED) is 0.675. The number of hydrogen-bond acceptors (Lipinski definition) is 4. The summed E-state index contributed by atoms with van der Waals surface area (Å²) in [5.74, 6) is -0.241. The molecule has 0 aromatic rings. The molecule has 0 aromatic carbocycles. The van der Waals surface area contributed by atoms with Crippen molar-refractivity contribution in [2.45, 2.75) is 77.8 Å². The summed E-state index contributed by atoms with van der Waals surface area (Å²) in [7, 11) is 0. The van der Waals surface area contributed by atoms with Crippen molar-refractivity contribution in [2.24, 2.45) is 0 Å². The fourth-order valence-electron chi connectivity index (χ4n) is 2.86. The molecular formula is C16H29NO4. The largest absolute Gasteiger partial charge is 0.466 e. The molecule has 1 saturated carbocycles. The maximum Gasteiger partial charge on any atom is 0.410 e. The number of nitrogens with zero attached hydrogens (tertiary/aromatic N) is 1. The molecule has 1 unspecified atom stereocenters. The zero-order valence-electron chi connectivity index (χ0n) is 13.6. The fraction of sp³-hybridized carbons (Fsp3) is 0.875. The predicted molar refractivity (Wildman–Crippen MR) is 81.1 cm³/mol. The molecule has 0 heterocycles. The summed E-state index contributed by atoms with van der Waals surface area (Å²) in [5.41, 5.74) is 0. The van der Waals surface area contributed by atoms with Crippen molar-refractivity contribution in [1.29, 1.82) is 0 Å². The van der Waals surface area contributed by atoms with Crippen LogP contribution < -0.4 is 0 Å². The van der Waals surface area contributed by atoms with Gasteiger partial charge in [-0.15, -0.1) is 0 Å². The van der Waals surface area contributed by atoms with Crippen LogP contribution in [0.2, 0.25) is 0 Å². The Bertz CT molecular complexity index is 326. The van der Waals surface area contributed by atoms with Crippen molar-refractivity contribution in [2.75, 3.05) is 13.2 Å². The van der Waals surface area contributed by atoms with Crippen LogP contribution in [-0.2, 0) is 14.3 Å². The molecule has 0 aromatic heterocycles. The van der Waals surface area contributed by atoms with Gasteiger partial charge in [-0.1, -0.05) is 26.2 Å². The Morgan fingerprint density at radius 2 is 1.81 bits per heavy atom. The van der Waals surface area contributed by atoms with Crippen molar-refractivity contribution in [1.82, 2.24) is 4.90 Å². The van der Waals surface area contributed by atoms with Crippen molar-refractivity contribution in [3.63, 3.8) is 0 Å². The minimum Gasteiger partial charge on any atom is -0.466 e. The van der Waals surface area contributed by atoms with Crippen molar-refractivity contribution in [3.05, 3.63) is 0 Å². The Labute approximate surface area is 128 Å². The zero-order valence-corrected chi connectivity index (χ0v) is 13.6. The second-order valence-electron chi connectivity index (χ2n) is 5.67. The number of esters is 1. The second-order valence-corrected chi connectivity index (χ2v) is 5.67. The van der Waals surface area contributed by atoms with E-state index in [2.05, 4.69) is 0 Å². The van der Waals surface area contributed by atoms with Crippen molar-refractivity contribution < 1.29 is 19.1 Å². The Balaban J connectivity index is 2.65. The van der Waals surface area contributed by atoms with Gasteiger partial charge in [-0.2, -0.15) is 0 Å². The number of ether oxygens (including phenoxy) is 2. The highest BCUT2D eigenvalue weighted by Gasteiger charge is 2.31. The molecule has 1 fully saturated rings. The number of carbonyl (C=O) groups excluding carboxylic acids is 2. The van der Waals surface area contributed by atoms with Crippen LogP contribution in [0.5, 0.6) is 0 Å². The average Bonchev–Trinajstić information content (AvgIpc) is 2.46. The van der Waals surface area contributed by atoms with E-state index in [-0.39, 0.29) is 30.6 Å². The second kappa shape index (κ2) is 9.64. The molecular weight excluding hydrogens is 270 g/mol. The van der Waals surface area contributed by atoms with Crippen LogP contribution in [0.1, 0.15) is 65.7 Å². The predicted octanol–water partition coefficient (Wildman–Crippen LogP) is 3.51. The van der Waals surface area contributed by atoms with E-state index in [0.29, 0.717) is 13.2 Å². The molecule has 5 nitrogen and oxygen atoms in total. The monoisotopic (exact) mass is 299 g/mol. The molecule has 0 bridgehead atoms. The van der Waals surface area contributed by atoms with Crippen LogP contribution in [0.25, 0.3) is 0 Å². The molecule has 1 rings (SSSR count). The Morgan fingerprint density at radius 3 is 2.38 bits per heavy atom. The summed E-state index contributed by atoms with van der Waals surface area (Å²) in [4.78, 5) is 25.8. The number of rotatable bonds is 7. The highest BCUT2D eigenvalue weighted by Crippen LogP contribution is 2.26. The van der Waals surface area contributed by atoms with Gasteiger partial charge in [0.15, 0.2) is 0 Å². The maximum atomic E-state index is 12.2. The first kappa shape index (κ1) is 17.8. The van der Waals surface area contributed by atoms with Gasteiger partial charge in [0, 0.05) is 12.1 Å². The lowest BCUT2D eigenvalue weighted by atomic mass is 9.93. The summed E-state index contributed by atoms with van der Waals surface area (Å²) in [5, 5.41) is 0. The Hall–Kier alpha value is -1.26. The highest BCUT2D eigenvalue weighted by molar-refractivity contribution is 5.73. The molecule has 0 aliphatic heterocycles. The first-order valence-electron chi connectivity index (χ1n) is 8.20. The topological polar surface area (TPSA) is 55.8 Å². The Kier molecular flexibility index (Phi) is 8.16. The third kappa shape index (κ3) is 5.94. The van der Waals surface area contributed by atoms with E-state index in [4.69, 9.17) is 9.47 Å². The van der Waals surface area contributed by atoms with Crippen LogP contribution in [0.15, 0.2) is 0 Å². The van der Waals surface area contributed by atoms with Gasteiger partial charge < -0.3 is 14.4 Å². The summed E-state index contributed by atoms with van der Waals surface area (Å²) in [6.45, 7) is 6.46. The van der Waals surface area contributed by atoms with Crippen LogP contribution in [0.3, 0.4) is 0 Å². The lowest BCUT2D eigenvalue weighted by molar-refractivity contribution is -0.145. The zero-order chi connectivity index (χ0) is 15.7. The molecule has 21 heavy (non-hydrogen) atoms. The van der Waals surface area contributed by atoms with E-state index in [1.807, 2.05) is 13.8 Å². The minimum atomic E-state index is -0.305. The highest BCUT2D eigenvalue weighted by atomic mass is 16.6. The standard InChI is InChI=1S/C16H29NO4/c1-4-11-21-15(18)12-13(3)17(16(19)20-5-2)14-9-7-6-8-10-14/h13-14H,4-12H2,1-3H3. The summed E-state index contributed by atoms with van der Waals surface area (Å²) < 4.78 is 10.3. The van der Waals surface area contributed by atoms with Crippen molar-refractivity contribution in [3.8, 4) is 0 Å². The molecule has 0 spiro atoms. The van der Waals surface area contributed by atoms with E-state index in [1.165, 1.54) is 6.42 Å². The molecule has 0 N–H and O–H groups in total. The number of hydrogen-bond donors (Lipinski definition) is 0. The van der Waals surface area contributed by atoms with E-state index in [1.54, 1.807) is 11.8 Å². The minimum absolute atomic E-state index is 0.184. The van der Waals surface area contributed by atoms with Gasteiger partial charge >= 0.3 is 12.1 Å². The van der Waals surface area contributed by atoms with Gasteiger partial charge in [0.1, 0.15) is 0 Å². The van der Waals surface area contributed by atoms with Gasteiger partial charge in [-0.25, -0.2) is 4.79 Å². The maximum absolute atomic E-state index is 12.2. The summed E-state index contributed by atoms with van der Waals surface area (Å²) in [6, 6.07) is 0.00304. The first-order valence-corrected chi connectivity index (χ1v) is 8.20. The molecule has 122 valence electrons. The Morgan fingerprint density at radius 1 is 1.14 bits per heavy atom. The smallest absolute Gasteiger partial charge is 0.410 e. The van der Waals surface area contributed by atoms with Crippen LogP contribution in [0.4, 0.5) is 4.79 Å². The first-order chi connectivity index (χ1) is 10.1. The number of amides is 1. The number of carbonyl (C=O) groups is 2. The van der Waals surface area contributed by atoms with E-state index >= 15 is 0 Å². The average molecular weight is 299 g/mol. The molecule has 1 amide bonds. The molecule has 5 heteroatoms. The van der Waals surface area contributed by atoms with Crippen molar-refractivity contribution >= 4 is 12.1 Å². The van der Waals surface area contributed by atoms with Gasteiger partial charge in [-0.3, -0.25) is 4.79 Å². The van der Waals surface area contributed by atoms with Gasteiger partial charge in [0.2, 0.25) is 0 Å². The van der Waals surface area contributed by atoms with Crippen LogP contribution in [-0.4, -0.2) is 42.3 Å². The van der Waals surface area contributed by atoms with E-state index < -0.39 is 0 Å². The van der Waals surface area contributed by atoms with E-state index in [0.717, 1.165) is 32.1 Å². The van der Waals surface area contributed by atoms with Gasteiger partial charge in [0.05, 0.1) is 19.6 Å². The van der Waals surface area contributed by atoms with Gasteiger partial charge in [-0.05, 0) is 33.1 Å². The molecule has 1 aliphatic carbocycles. The lowest BCUT2D eigenvalue weighted by Gasteiger charge is -2.37. The SMILES string of the molecule is CCCOC(=O)CC(C)N(C(=O)OCC)C1CCCCC1. The third-order valence-electron chi connectivity index (χ3n) is 3.85. The molecule has 1 atom stereocenters. The van der Waals surface area contributed by atoms with Gasteiger partial charge in [0.25, 0.3) is 0 Å². The van der Waals surface area contributed by atoms with E-state index in [9.17, 15) is 9.59 Å². The molecule has 1 aliphatic rings. The van der Waals surface area contributed by atoms with Crippen LogP contribution in [0, 0.1) is 0 Å². The summed E-state index contributed by atoms with van der Waals surface area (Å²) in [6.07, 6.45) is 6.21. The lowest BCUT2D eigenvalue weighted by Crippen LogP contribution is -2.48. The van der Waals surface area contributed by atoms with Crippen LogP contribution >= 0.6 is 0 Å². The normalized spacial score (nSPS) is 17.1. The molecule has 0 saturated heterocycles. The summed E-state index contributed by atoms with van der Waals surface area (Å²) >= 11 is 0. The third-order valence-corrected chi connectivity index (χ3v) is 3.85. The molecule has 0 radical (unpaired) electrons.